The predicted octanol–water partition coefficient (Wildman–Crippen LogP) is 4.11. The van der Waals surface area contributed by atoms with Crippen LogP contribution in [0.4, 0.5) is 11.6 Å². The zero-order valence-electron chi connectivity index (χ0n) is 28.8. The van der Waals surface area contributed by atoms with Crippen molar-refractivity contribution in [1.82, 2.24) is 29.9 Å². The summed E-state index contributed by atoms with van der Waals surface area (Å²) in [6.45, 7) is 0.412. The molecule has 0 atom stereocenters. The van der Waals surface area contributed by atoms with Gasteiger partial charge in [0.1, 0.15) is 11.4 Å². The molecule has 0 unspecified atom stereocenters. The molecule has 0 saturated carbocycles. The van der Waals surface area contributed by atoms with E-state index >= 15 is 0 Å². The van der Waals surface area contributed by atoms with Crippen LogP contribution in [0.25, 0.3) is 34.2 Å². The first-order chi connectivity index (χ1) is 26.1. The van der Waals surface area contributed by atoms with Gasteiger partial charge in [0.15, 0.2) is 23.3 Å². The number of pyridine rings is 2. The van der Waals surface area contributed by atoms with Crippen molar-refractivity contribution >= 4 is 31.7 Å². The molecule has 0 aliphatic carbocycles. The van der Waals surface area contributed by atoms with Gasteiger partial charge in [0, 0.05) is 31.0 Å². The number of hydrogen-bond acceptors (Lipinski definition) is 10. The Kier molecular flexibility index (Phi) is 9.15. The normalized spacial score (nSPS) is 14.4. The van der Waals surface area contributed by atoms with E-state index in [1.807, 2.05) is 30.3 Å². The average Bonchev–Trinajstić information content (AvgIpc) is 3.20. The van der Waals surface area contributed by atoms with Crippen molar-refractivity contribution in [3.63, 3.8) is 0 Å². The van der Waals surface area contributed by atoms with Crippen LogP contribution < -0.4 is 19.7 Å². The minimum atomic E-state index is -3.95. The van der Waals surface area contributed by atoms with Crippen LogP contribution in [0.3, 0.4) is 0 Å². The fraction of sp³-hybridized carbons (Fsp3) is 0.211. The van der Waals surface area contributed by atoms with Crippen LogP contribution in [0.2, 0.25) is 0 Å². The number of H-pyrrole nitrogens is 2. The van der Waals surface area contributed by atoms with Gasteiger partial charge in [-0.1, -0.05) is 54.6 Å². The fourth-order valence-electron chi connectivity index (χ4n) is 6.78. The van der Waals surface area contributed by atoms with Crippen molar-refractivity contribution in [2.75, 3.05) is 27.5 Å². The zero-order valence-corrected chi connectivity index (χ0v) is 30.5. The van der Waals surface area contributed by atoms with Gasteiger partial charge in [-0.25, -0.2) is 31.1 Å². The Hall–Kier alpha value is -6.00. The highest BCUT2D eigenvalue weighted by atomic mass is 32.2. The van der Waals surface area contributed by atoms with E-state index in [0.29, 0.717) is 48.2 Å². The highest BCUT2D eigenvalue weighted by molar-refractivity contribution is 7.93. The second-order valence-corrected chi connectivity index (χ2v) is 16.9. The molecule has 6 aromatic rings. The van der Waals surface area contributed by atoms with Crippen LogP contribution in [0, 0.1) is 0 Å². The lowest BCUT2D eigenvalue weighted by Crippen LogP contribution is -2.40. The van der Waals surface area contributed by atoms with Gasteiger partial charge in [-0.2, -0.15) is 0 Å². The first-order valence-electron chi connectivity index (χ1n) is 17.4. The Labute approximate surface area is 310 Å². The number of aromatic nitrogens is 6. The maximum atomic E-state index is 13.7. The van der Waals surface area contributed by atoms with Crippen molar-refractivity contribution in [2.45, 2.75) is 37.0 Å². The summed E-state index contributed by atoms with van der Waals surface area (Å²) >= 11 is 0. The van der Waals surface area contributed by atoms with E-state index in [9.17, 15) is 26.4 Å². The number of nitrogens with zero attached hydrogens (tertiary/aromatic N) is 6. The molecule has 0 spiro atoms. The molecule has 2 N–H and O–H groups in total. The van der Waals surface area contributed by atoms with E-state index in [2.05, 4.69) is 29.9 Å². The number of aromatic amines is 2. The largest absolute Gasteiger partial charge is 0.305 e. The fourth-order valence-corrected chi connectivity index (χ4v) is 9.82. The molecule has 4 aromatic heterocycles. The average molecular weight is 763 g/mol. The first kappa shape index (κ1) is 35.1. The van der Waals surface area contributed by atoms with Crippen LogP contribution in [0.15, 0.2) is 112 Å². The molecule has 2 aliphatic heterocycles. The Morgan fingerprint density at radius 1 is 0.648 bits per heavy atom. The minimum Gasteiger partial charge on any atom is -0.305 e. The Balaban J connectivity index is 1.01. The summed E-state index contributed by atoms with van der Waals surface area (Å²) in [5.41, 5.74) is 2.97. The topological polar surface area (TPSA) is 192 Å². The highest BCUT2D eigenvalue weighted by Crippen LogP contribution is 2.31. The van der Waals surface area contributed by atoms with Crippen molar-refractivity contribution < 1.29 is 16.8 Å². The molecule has 0 saturated heterocycles. The van der Waals surface area contributed by atoms with Gasteiger partial charge >= 0.3 is 0 Å². The number of fused-ring (bicyclic) bond motifs is 2. The standard InChI is InChI=1S/C38H34N8O6S2/c47-37-29-13-7-20-45(35(29)41-33(43-37)31-15-4-5-19-39-31)53(49,50)22-18-25-9-6-10-26(23-25)27-16-17-32(40-24-27)34-42-36-30(38(48)44-34)14-8-21-46(36)54(51,52)28-11-2-1-3-12-28/h1-6,9-12,15-17,19,23-24H,7-8,13-14,18,20-22H2,(H,41,43,47)(H,42,44,48). The van der Waals surface area contributed by atoms with Gasteiger partial charge in [0.2, 0.25) is 10.0 Å². The molecule has 14 nitrogen and oxygen atoms in total. The van der Waals surface area contributed by atoms with Crippen molar-refractivity contribution in [2.24, 2.45) is 0 Å². The van der Waals surface area contributed by atoms with Gasteiger partial charge in [0.25, 0.3) is 21.1 Å². The van der Waals surface area contributed by atoms with Crippen LogP contribution in [0.5, 0.6) is 0 Å². The summed E-state index contributed by atoms with van der Waals surface area (Å²) in [5.74, 6) is 0.393. The highest BCUT2D eigenvalue weighted by Gasteiger charge is 2.33. The third kappa shape index (κ3) is 6.69. The number of hydrogen-bond donors (Lipinski definition) is 2. The lowest BCUT2D eigenvalue weighted by molar-refractivity contribution is 0.583. The third-order valence-corrected chi connectivity index (χ3v) is 13.1. The van der Waals surface area contributed by atoms with E-state index in [0.717, 1.165) is 16.7 Å². The Bertz CT molecular complexity index is 2710. The maximum Gasteiger partial charge on any atom is 0.265 e. The second-order valence-electron chi connectivity index (χ2n) is 13.0. The molecule has 0 bridgehead atoms. The molecule has 16 heteroatoms. The smallest absolute Gasteiger partial charge is 0.265 e. The Morgan fingerprint density at radius 2 is 1.30 bits per heavy atom. The second kappa shape index (κ2) is 14.1. The summed E-state index contributed by atoms with van der Waals surface area (Å²) in [7, 11) is -7.80. The molecule has 274 valence electrons. The summed E-state index contributed by atoms with van der Waals surface area (Å²) in [5, 5.41) is 0. The third-order valence-electron chi connectivity index (χ3n) is 9.53. The van der Waals surface area contributed by atoms with Crippen LogP contribution >= 0.6 is 0 Å². The molecule has 2 aliphatic rings. The monoisotopic (exact) mass is 762 g/mol. The Morgan fingerprint density at radius 3 is 1.94 bits per heavy atom. The number of aryl methyl sites for hydroxylation is 1. The molecule has 2 aromatic carbocycles. The van der Waals surface area contributed by atoms with E-state index in [4.69, 9.17) is 0 Å². The van der Waals surface area contributed by atoms with E-state index < -0.39 is 25.6 Å². The summed E-state index contributed by atoms with van der Waals surface area (Å²) < 4.78 is 57.0. The number of benzene rings is 2. The van der Waals surface area contributed by atoms with Gasteiger partial charge in [0.05, 0.1) is 21.8 Å². The van der Waals surface area contributed by atoms with Crippen LogP contribution in [-0.2, 0) is 39.3 Å². The first-order valence-corrected chi connectivity index (χ1v) is 20.5. The zero-order chi connectivity index (χ0) is 37.5. The van der Waals surface area contributed by atoms with Gasteiger partial charge in [-0.05, 0) is 73.6 Å². The molecular formula is C38H34N8O6S2. The van der Waals surface area contributed by atoms with Gasteiger partial charge in [-0.15, -0.1) is 0 Å². The molecule has 54 heavy (non-hydrogen) atoms. The number of nitrogens with one attached hydrogen (secondary N) is 2. The molecule has 8 rings (SSSR count). The molecule has 6 heterocycles. The summed E-state index contributed by atoms with van der Waals surface area (Å²) in [6, 6.07) is 24.2. The van der Waals surface area contributed by atoms with E-state index in [1.54, 1.807) is 54.9 Å². The number of rotatable bonds is 9. The van der Waals surface area contributed by atoms with Crippen molar-refractivity contribution in [1.29, 1.82) is 0 Å². The maximum absolute atomic E-state index is 13.7. The predicted molar refractivity (Wildman–Crippen MR) is 204 cm³/mol. The van der Waals surface area contributed by atoms with Crippen molar-refractivity contribution in [3.05, 3.63) is 135 Å². The SMILES string of the molecule is O=c1[nH]c(-c2ccccn2)nc2c1CCCN2S(=O)(=O)CCc1cccc(-c2ccc(-c3nc4c(c(=O)[nH]3)CCCN4S(=O)(=O)c3ccccc3)nc2)c1. The quantitative estimate of drug-likeness (QED) is 0.217. The lowest BCUT2D eigenvalue weighted by atomic mass is 10.0. The van der Waals surface area contributed by atoms with Crippen LogP contribution in [0.1, 0.15) is 29.5 Å². The van der Waals surface area contributed by atoms with Gasteiger partial charge in [-0.3, -0.25) is 23.9 Å². The molecule has 0 fully saturated rings. The summed E-state index contributed by atoms with van der Waals surface area (Å²) in [6.07, 6.45) is 5.22. The number of sulfonamides is 2. The van der Waals surface area contributed by atoms with E-state index in [-0.39, 0.29) is 59.0 Å². The molecule has 0 radical (unpaired) electrons. The number of anilines is 2. The van der Waals surface area contributed by atoms with Crippen molar-refractivity contribution in [3.8, 4) is 34.2 Å². The van der Waals surface area contributed by atoms with E-state index in [1.165, 1.54) is 20.7 Å². The molecule has 0 amide bonds. The molecular weight excluding hydrogens is 729 g/mol. The van der Waals surface area contributed by atoms with Gasteiger partial charge < -0.3 is 9.97 Å². The van der Waals surface area contributed by atoms with Crippen LogP contribution in [-0.4, -0.2) is 65.6 Å². The minimum absolute atomic E-state index is 0.0988. The lowest BCUT2D eigenvalue weighted by Gasteiger charge is -2.29. The summed E-state index contributed by atoms with van der Waals surface area (Å²) in [4.78, 5) is 49.7.